The normalized spacial score (nSPS) is 22.6. The van der Waals surface area contributed by atoms with Gasteiger partial charge in [-0.25, -0.2) is 0 Å². The molecule has 0 aliphatic carbocycles. The molecule has 1 aliphatic heterocycles. The third-order valence-electron chi connectivity index (χ3n) is 6.46. The maximum Gasteiger partial charge on any atom is 0.305 e. The van der Waals surface area contributed by atoms with E-state index in [2.05, 4.69) is 26.3 Å². The lowest BCUT2D eigenvalue weighted by molar-refractivity contribution is -0.141. The van der Waals surface area contributed by atoms with Gasteiger partial charge in [-0.15, -0.1) is 0 Å². The van der Waals surface area contributed by atoms with Crippen molar-refractivity contribution in [2.75, 3.05) is 19.6 Å². The number of nitrogens with two attached hydrogens (primary N) is 3. The van der Waals surface area contributed by atoms with Crippen LogP contribution in [-0.4, -0.2) is 90.4 Å². The summed E-state index contributed by atoms with van der Waals surface area (Å²) in [5, 5.41) is 19.6. The van der Waals surface area contributed by atoms with Crippen molar-refractivity contribution in [1.29, 1.82) is 0 Å². The summed E-state index contributed by atoms with van der Waals surface area (Å²) in [5.74, 6) is -6.04. The maximum absolute atomic E-state index is 13.6. The summed E-state index contributed by atoms with van der Waals surface area (Å²) in [6.07, 6.45) is 0.480. The molecule has 1 fully saturated rings. The van der Waals surface area contributed by atoms with Crippen molar-refractivity contribution < 1.29 is 35.3 Å². The highest BCUT2D eigenvalue weighted by molar-refractivity contribution is 5.98. The van der Waals surface area contributed by atoms with Crippen LogP contribution in [0.5, 0.6) is 0 Å². The molecule has 0 spiro atoms. The zero-order valence-corrected chi connectivity index (χ0v) is 23.8. The first-order valence-electron chi connectivity index (χ1n) is 14.4. The molecular weight excluding hydrogens is 562 g/mol. The quantitative estimate of drug-likeness (QED) is 0.0660. The summed E-state index contributed by atoms with van der Waals surface area (Å²) < 4.78 is 8.21. The van der Waals surface area contributed by atoms with Crippen LogP contribution in [0.15, 0.2) is 35.3 Å². The van der Waals surface area contributed by atoms with Gasteiger partial charge in [0.05, 0.1) is 13.0 Å². The van der Waals surface area contributed by atoms with Crippen molar-refractivity contribution in [2.24, 2.45) is 22.2 Å². The van der Waals surface area contributed by atoms with Crippen LogP contribution in [0.25, 0.3) is 0 Å². The molecule has 1 heterocycles. The Balaban J connectivity index is 2.49. The SMILES string of the molecule is [2H]N1C(=O)CNC(=O)[C@H](CCCN=C(N)N)NC(=O)[C@H](CCCCN)NC(=O)[C@H](Cc2ccccc2)NC(=O)[C@@H]1CC(=O)O. The summed E-state index contributed by atoms with van der Waals surface area (Å²) in [6, 6.07) is 3.16. The van der Waals surface area contributed by atoms with Crippen molar-refractivity contribution in [3.8, 4) is 0 Å². The third-order valence-corrected chi connectivity index (χ3v) is 6.46. The number of hydrogen-bond acceptors (Lipinski definition) is 8. The molecule has 1 aliphatic rings. The van der Waals surface area contributed by atoms with E-state index in [1.807, 2.05) is 0 Å². The van der Waals surface area contributed by atoms with E-state index < -0.39 is 72.6 Å². The molecule has 236 valence electrons. The lowest BCUT2D eigenvalue weighted by atomic mass is 10.0. The highest BCUT2D eigenvalue weighted by Crippen LogP contribution is 2.09. The van der Waals surface area contributed by atoms with Crippen LogP contribution in [0.4, 0.5) is 0 Å². The van der Waals surface area contributed by atoms with E-state index in [9.17, 15) is 33.9 Å². The molecule has 5 amide bonds. The number of aliphatic carboxylic acids is 1. The predicted molar refractivity (Wildman–Crippen MR) is 156 cm³/mol. The standard InChI is InChI=1S/C27H41N9O7/c28-11-5-4-9-18-24(41)34-17(10-6-12-31-27(29)30)23(40)32-15-21(37)33-20(14-22(38)39)26(43)36-19(25(42)35-18)13-16-7-2-1-3-8-16/h1-3,7-8,17-20H,4-6,9-15,28H2,(H,32,40)(H,33,37)(H,34,41)(H,35,42)(H,36,43)(H,38,39)(H4,29,30,31)/t17-,18-,19-,20-/m0/s1/i/hD. The molecule has 0 bridgehead atoms. The molecule has 0 saturated carbocycles. The summed E-state index contributed by atoms with van der Waals surface area (Å²) >= 11 is 0. The van der Waals surface area contributed by atoms with Gasteiger partial charge in [-0.1, -0.05) is 30.3 Å². The number of carbonyl (C=O) groups excluding carboxylic acids is 5. The van der Waals surface area contributed by atoms with Gasteiger partial charge < -0.3 is 48.9 Å². The van der Waals surface area contributed by atoms with Gasteiger partial charge in [0.1, 0.15) is 24.2 Å². The summed E-state index contributed by atoms with van der Waals surface area (Å²) in [4.78, 5) is 81.6. The van der Waals surface area contributed by atoms with E-state index in [1.165, 1.54) is 0 Å². The largest absolute Gasteiger partial charge is 0.481 e. The number of unbranched alkanes of at least 4 members (excludes halogenated alkanes) is 1. The number of rotatable bonds is 12. The Morgan fingerprint density at radius 3 is 2.07 bits per heavy atom. The van der Waals surface area contributed by atoms with Gasteiger partial charge in [0.2, 0.25) is 29.5 Å². The minimum atomic E-state index is -1.83. The second-order valence-electron chi connectivity index (χ2n) is 9.96. The number of nitrogens with zero attached hydrogens (tertiary/aromatic N) is 1. The van der Waals surface area contributed by atoms with Crippen LogP contribution in [0, 0.1) is 0 Å². The Bertz CT molecular complexity index is 1200. The lowest BCUT2D eigenvalue weighted by Gasteiger charge is -2.26. The molecule has 1 aromatic rings. The first-order chi connectivity index (χ1) is 20.9. The fraction of sp³-hybridized carbons (Fsp3) is 0.519. The number of amides is 5. The Labute approximate surface area is 250 Å². The van der Waals surface area contributed by atoms with Gasteiger partial charge >= 0.3 is 5.97 Å². The van der Waals surface area contributed by atoms with Gasteiger partial charge in [-0.2, -0.15) is 0 Å². The van der Waals surface area contributed by atoms with Gasteiger partial charge in [-0.05, 0) is 44.2 Å². The molecule has 16 heteroatoms. The average molecular weight is 605 g/mol. The second-order valence-corrected chi connectivity index (χ2v) is 9.96. The molecular formula is C27H41N9O7. The number of aliphatic imine (C=N–C) groups is 1. The van der Waals surface area contributed by atoms with Crippen molar-refractivity contribution in [1.82, 2.24) is 26.6 Å². The molecule has 1 aromatic carbocycles. The predicted octanol–water partition coefficient (Wildman–Crippen LogP) is -3.04. The van der Waals surface area contributed by atoms with Gasteiger partial charge in [-0.3, -0.25) is 33.8 Å². The van der Waals surface area contributed by atoms with E-state index in [1.54, 1.807) is 30.3 Å². The van der Waals surface area contributed by atoms with E-state index >= 15 is 0 Å². The molecule has 2 rings (SSSR count). The highest BCUT2D eigenvalue weighted by Gasteiger charge is 2.33. The van der Waals surface area contributed by atoms with Crippen LogP contribution in [0.1, 0.15) is 44.1 Å². The first-order valence-corrected chi connectivity index (χ1v) is 13.9. The zero-order chi connectivity index (χ0) is 32.6. The minimum absolute atomic E-state index is 0.0469. The van der Waals surface area contributed by atoms with Crippen molar-refractivity contribution in [3.63, 3.8) is 0 Å². The van der Waals surface area contributed by atoms with Crippen LogP contribution in [0.3, 0.4) is 0 Å². The molecule has 12 N–H and O–H groups in total. The van der Waals surface area contributed by atoms with E-state index in [0.717, 1.165) is 0 Å². The smallest absolute Gasteiger partial charge is 0.305 e. The molecule has 1 saturated heterocycles. The fourth-order valence-electron chi connectivity index (χ4n) is 4.27. The number of carbonyl (C=O) groups is 6. The van der Waals surface area contributed by atoms with Gasteiger partial charge in [0, 0.05) is 13.0 Å². The molecule has 0 aromatic heterocycles. The first kappa shape index (κ1) is 32.8. The second kappa shape index (κ2) is 17.9. The van der Waals surface area contributed by atoms with Crippen LogP contribution in [-0.2, 0) is 35.2 Å². The number of carboxylic acids is 1. The number of hydrogen-bond donors (Lipinski definition) is 9. The Kier molecular flexibility index (Phi) is 13.7. The molecule has 0 unspecified atom stereocenters. The molecule has 43 heavy (non-hydrogen) atoms. The maximum atomic E-state index is 13.6. The monoisotopic (exact) mass is 604 g/mol. The third kappa shape index (κ3) is 12.8. The minimum Gasteiger partial charge on any atom is -0.481 e. The number of carboxylic acid groups (broad SMARTS) is 1. The highest BCUT2D eigenvalue weighted by atomic mass is 16.4. The van der Waals surface area contributed by atoms with E-state index in [4.69, 9.17) is 18.6 Å². The lowest BCUT2D eigenvalue weighted by Crippen LogP contribution is -2.58. The van der Waals surface area contributed by atoms with Crippen molar-refractivity contribution >= 4 is 41.5 Å². The topological polar surface area (TPSA) is 273 Å². The average Bonchev–Trinajstić information content (AvgIpc) is 2.98. The number of benzene rings is 1. The summed E-state index contributed by atoms with van der Waals surface area (Å²) in [7, 11) is 0. The number of nitrogens with one attached hydrogen (secondary N) is 5. The Morgan fingerprint density at radius 2 is 1.44 bits per heavy atom. The van der Waals surface area contributed by atoms with Crippen LogP contribution < -0.4 is 43.8 Å². The van der Waals surface area contributed by atoms with Gasteiger partial charge in [0.25, 0.3) is 0 Å². The Morgan fingerprint density at radius 1 is 0.860 bits per heavy atom. The van der Waals surface area contributed by atoms with Crippen LogP contribution in [0.2, 0.25) is 1.41 Å². The summed E-state index contributed by atoms with van der Waals surface area (Å²) in [5.41, 5.74) is 16.9. The zero-order valence-electron chi connectivity index (χ0n) is 24.8. The van der Waals surface area contributed by atoms with E-state index in [-0.39, 0.29) is 43.5 Å². The van der Waals surface area contributed by atoms with Crippen molar-refractivity contribution in [2.45, 2.75) is 69.1 Å². The number of guanidine groups is 1. The fourth-order valence-corrected chi connectivity index (χ4v) is 4.27. The molecule has 16 nitrogen and oxygen atoms in total. The Hall–Kier alpha value is -4.73. The molecule has 0 radical (unpaired) electrons. The van der Waals surface area contributed by atoms with E-state index in [0.29, 0.717) is 24.9 Å². The molecule has 4 atom stereocenters. The summed E-state index contributed by atoms with van der Waals surface area (Å²) in [6.45, 7) is -0.284. The van der Waals surface area contributed by atoms with Gasteiger partial charge in [0.15, 0.2) is 7.37 Å². The van der Waals surface area contributed by atoms with Crippen molar-refractivity contribution in [3.05, 3.63) is 35.9 Å². The van der Waals surface area contributed by atoms with Crippen LogP contribution >= 0.6 is 0 Å².